The Morgan fingerprint density at radius 1 is 1.19 bits per heavy atom. The molecule has 0 aliphatic heterocycles. The van der Waals surface area contributed by atoms with Crippen molar-refractivity contribution in [3.05, 3.63) is 29.8 Å². The van der Waals surface area contributed by atoms with Crippen molar-refractivity contribution in [1.82, 2.24) is 0 Å². The van der Waals surface area contributed by atoms with Gasteiger partial charge in [0.2, 0.25) is 0 Å². The minimum Gasteiger partial charge on any atom is -0.385 e. The van der Waals surface area contributed by atoms with E-state index in [9.17, 15) is 0 Å². The fourth-order valence-electron chi connectivity index (χ4n) is 1.76. The maximum Gasteiger partial charge on any atom is 0.0481 e. The largest absolute Gasteiger partial charge is 0.385 e. The molecule has 0 saturated carbocycles. The van der Waals surface area contributed by atoms with Crippen LogP contribution in [0.15, 0.2) is 24.3 Å². The molecule has 0 spiro atoms. The summed E-state index contributed by atoms with van der Waals surface area (Å²) in [5, 5.41) is 3.55. The van der Waals surface area contributed by atoms with Crippen LogP contribution in [0.25, 0.3) is 0 Å². The monoisotopic (exact) mass is 221 g/mol. The van der Waals surface area contributed by atoms with E-state index < -0.39 is 0 Å². The molecule has 1 rings (SSSR count). The quantitative estimate of drug-likeness (QED) is 0.791. The van der Waals surface area contributed by atoms with Crippen LogP contribution in [0, 0.1) is 0 Å². The summed E-state index contributed by atoms with van der Waals surface area (Å²) in [5.41, 5.74) is 2.63. The molecule has 0 fully saturated rings. The van der Waals surface area contributed by atoms with Gasteiger partial charge in [0, 0.05) is 25.4 Å². The van der Waals surface area contributed by atoms with Crippen molar-refractivity contribution < 1.29 is 4.74 Å². The van der Waals surface area contributed by atoms with E-state index in [1.165, 1.54) is 11.3 Å². The molecule has 0 radical (unpaired) electrons. The first-order valence-electron chi connectivity index (χ1n) is 5.99. The first kappa shape index (κ1) is 13.0. The van der Waals surface area contributed by atoms with E-state index in [0.717, 1.165) is 13.0 Å². The third-order valence-electron chi connectivity index (χ3n) is 2.74. The van der Waals surface area contributed by atoms with Crippen LogP contribution in [-0.2, 0) is 4.74 Å². The van der Waals surface area contributed by atoms with Crippen molar-refractivity contribution in [1.29, 1.82) is 0 Å². The summed E-state index contributed by atoms with van der Waals surface area (Å²) in [5.74, 6) is 0.554. The number of anilines is 1. The third-order valence-corrected chi connectivity index (χ3v) is 2.74. The number of hydrogen-bond acceptors (Lipinski definition) is 2. The van der Waals surface area contributed by atoms with Gasteiger partial charge in [0.25, 0.3) is 0 Å². The van der Waals surface area contributed by atoms with E-state index in [1.54, 1.807) is 7.11 Å². The summed E-state index contributed by atoms with van der Waals surface area (Å²) in [6.07, 6.45) is 1.03. The van der Waals surface area contributed by atoms with Crippen LogP contribution in [0.4, 0.5) is 5.69 Å². The van der Waals surface area contributed by atoms with Crippen molar-refractivity contribution >= 4 is 5.69 Å². The highest BCUT2D eigenvalue weighted by Gasteiger charge is 2.08. The number of ether oxygens (including phenoxy) is 1. The lowest BCUT2D eigenvalue weighted by molar-refractivity contribution is 0.191. The van der Waals surface area contributed by atoms with Crippen LogP contribution in [0.5, 0.6) is 0 Å². The van der Waals surface area contributed by atoms with Crippen LogP contribution in [0.1, 0.15) is 38.7 Å². The van der Waals surface area contributed by atoms with Gasteiger partial charge in [-0.2, -0.15) is 0 Å². The second-order valence-electron chi connectivity index (χ2n) is 4.57. The van der Waals surface area contributed by atoms with Gasteiger partial charge in [-0.25, -0.2) is 0 Å². The van der Waals surface area contributed by atoms with Gasteiger partial charge in [0.15, 0.2) is 0 Å². The first-order chi connectivity index (χ1) is 7.65. The number of benzene rings is 1. The normalized spacial score (nSPS) is 12.8. The number of methoxy groups -OCH3 is 1. The highest BCUT2D eigenvalue weighted by molar-refractivity contribution is 5.53. The van der Waals surface area contributed by atoms with Crippen molar-refractivity contribution in [2.45, 2.75) is 39.2 Å². The summed E-state index contributed by atoms with van der Waals surface area (Å²) in [6, 6.07) is 8.96. The number of rotatable bonds is 6. The maximum absolute atomic E-state index is 5.09. The summed E-state index contributed by atoms with van der Waals surface area (Å²) in [7, 11) is 1.74. The summed E-state index contributed by atoms with van der Waals surface area (Å²) in [6.45, 7) is 7.44. The fraction of sp³-hybridized carbons (Fsp3) is 0.571. The topological polar surface area (TPSA) is 21.3 Å². The van der Waals surface area contributed by atoms with Crippen molar-refractivity contribution in [2.24, 2.45) is 0 Å². The molecule has 1 N–H and O–H groups in total. The first-order valence-corrected chi connectivity index (χ1v) is 5.99. The van der Waals surface area contributed by atoms with Crippen LogP contribution in [0.2, 0.25) is 0 Å². The zero-order valence-corrected chi connectivity index (χ0v) is 10.8. The highest BCUT2D eigenvalue weighted by Crippen LogP contribution is 2.24. The number of para-hydroxylation sites is 1. The van der Waals surface area contributed by atoms with Gasteiger partial charge in [-0.3, -0.25) is 0 Å². The molecule has 1 unspecified atom stereocenters. The van der Waals surface area contributed by atoms with Crippen LogP contribution in [0.3, 0.4) is 0 Å². The molecule has 0 heterocycles. The second kappa shape index (κ2) is 6.54. The predicted molar refractivity (Wildman–Crippen MR) is 70.1 cm³/mol. The number of nitrogens with one attached hydrogen (secondary N) is 1. The van der Waals surface area contributed by atoms with Crippen molar-refractivity contribution in [2.75, 3.05) is 19.0 Å². The standard InChI is InChI=1S/C14H23NO/c1-11(2)13-7-5-6-8-14(13)15-12(3)9-10-16-4/h5-8,11-12,15H,9-10H2,1-4H3. The molecule has 1 atom stereocenters. The van der Waals surface area contributed by atoms with Crippen LogP contribution >= 0.6 is 0 Å². The van der Waals surface area contributed by atoms with Gasteiger partial charge < -0.3 is 10.1 Å². The highest BCUT2D eigenvalue weighted by atomic mass is 16.5. The molecule has 0 aliphatic rings. The van der Waals surface area contributed by atoms with Gasteiger partial charge in [-0.05, 0) is 30.9 Å². The van der Waals surface area contributed by atoms with Crippen molar-refractivity contribution in [3.63, 3.8) is 0 Å². The molecule has 0 bridgehead atoms. The third kappa shape index (κ3) is 3.86. The lowest BCUT2D eigenvalue weighted by Gasteiger charge is -2.19. The molecule has 0 amide bonds. The molecular weight excluding hydrogens is 198 g/mol. The molecule has 90 valence electrons. The van der Waals surface area contributed by atoms with E-state index in [4.69, 9.17) is 4.74 Å². The molecule has 2 heteroatoms. The summed E-state index contributed by atoms with van der Waals surface area (Å²) < 4.78 is 5.09. The Morgan fingerprint density at radius 3 is 2.50 bits per heavy atom. The van der Waals surface area contributed by atoms with E-state index >= 15 is 0 Å². The Morgan fingerprint density at radius 2 is 1.88 bits per heavy atom. The molecule has 2 nitrogen and oxygen atoms in total. The van der Waals surface area contributed by atoms with Gasteiger partial charge >= 0.3 is 0 Å². The Bertz CT molecular complexity index is 309. The Balaban J connectivity index is 2.65. The predicted octanol–water partition coefficient (Wildman–Crippen LogP) is 3.65. The minimum absolute atomic E-state index is 0.444. The molecule has 0 aliphatic carbocycles. The lowest BCUT2D eigenvalue weighted by Crippen LogP contribution is -2.18. The number of hydrogen-bond donors (Lipinski definition) is 1. The summed E-state index contributed by atoms with van der Waals surface area (Å²) >= 11 is 0. The maximum atomic E-state index is 5.09. The Labute approximate surface area is 99.0 Å². The van der Waals surface area contributed by atoms with Crippen molar-refractivity contribution in [3.8, 4) is 0 Å². The van der Waals surface area contributed by atoms with Crippen LogP contribution < -0.4 is 5.32 Å². The zero-order valence-electron chi connectivity index (χ0n) is 10.8. The van der Waals surface area contributed by atoms with E-state index in [2.05, 4.69) is 50.4 Å². The Hall–Kier alpha value is -1.02. The SMILES string of the molecule is COCCC(C)Nc1ccccc1C(C)C. The van der Waals surface area contributed by atoms with Gasteiger partial charge in [0.1, 0.15) is 0 Å². The summed E-state index contributed by atoms with van der Waals surface area (Å²) in [4.78, 5) is 0. The average molecular weight is 221 g/mol. The van der Waals surface area contributed by atoms with Gasteiger partial charge in [0.05, 0.1) is 0 Å². The molecule has 0 saturated heterocycles. The second-order valence-corrected chi connectivity index (χ2v) is 4.57. The van der Waals surface area contributed by atoms with Crippen LogP contribution in [-0.4, -0.2) is 19.8 Å². The average Bonchev–Trinajstić information content (AvgIpc) is 2.27. The lowest BCUT2D eigenvalue weighted by atomic mass is 10.0. The Kier molecular flexibility index (Phi) is 5.33. The van der Waals surface area contributed by atoms with E-state index in [0.29, 0.717) is 12.0 Å². The minimum atomic E-state index is 0.444. The molecular formula is C14H23NO. The van der Waals surface area contributed by atoms with E-state index in [1.807, 2.05) is 0 Å². The van der Waals surface area contributed by atoms with E-state index in [-0.39, 0.29) is 0 Å². The molecule has 0 aromatic heterocycles. The molecule has 1 aromatic rings. The van der Waals surface area contributed by atoms with Gasteiger partial charge in [-0.1, -0.05) is 32.0 Å². The zero-order chi connectivity index (χ0) is 12.0. The smallest absolute Gasteiger partial charge is 0.0481 e. The van der Waals surface area contributed by atoms with Gasteiger partial charge in [-0.15, -0.1) is 0 Å². The fourth-order valence-corrected chi connectivity index (χ4v) is 1.76. The molecule has 1 aromatic carbocycles. The molecule has 16 heavy (non-hydrogen) atoms.